The molecule has 0 bridgehead atoms. The maximum Gasteiger partial charge on any atom is 0.337 e. The summed E-state index contributed by atoms with van der Waals surface area (Å²) in [6.45, 7) is -0.00595. The number of nitro groups is 1. The zero-order valence-electron chi connectivity index (χ0n) is 8.70. The van der Waals surface area contributed by atoms with E-state index in [2.05, 4.69) is 4.98 Å². The predicted molar refractivity (Wildman–Crippen MR) is 60.3 cm³/mol. The van der Waals surface area contributed by atoms with E-state index >= 15 is 0 Å². The van der Waals surface area contributed by atoms with Gasteiger partial charge in [0.2, 0.25) is 0 Å². The molecule has 17 heavy (non-hydrogen) atoms. The SMILES string of the molecule is O=C(O)c1cnc(SCCCO)c([N+](=O)[O-])c1. The van der Waals surface area contributed by atoms with Crippen molar-refractivity contribution in [2.24, 2.45) is 0 Å². The van der Waals surface area contributed by atoms with Crippen LogP contribution in [0.4, 0.5) is 5.69 Å². The average Bonchev–Trinajstić information content (AvgIpc) is 2.29. The Morgan fingerprint density at radius 2 is 2.29 bits per heavy atom. The molecule has 0 aromatic carbocycles. The first kappa shape index (κ1) is 13.4. The molecule has 0 aliphatic heterocycles. The zero-order chi connectivity index (χ0) is 12.8. The standard InChI is InChI=1S/C9H10N2O5S/c12-2-1-3-17-8-7(11(15)16)4-6(5-10-8)9(13)14/h4-5,12H,1-3H2,(H,13,14). The normalized spacial score (nSPS) is 10.2. The van der Waals surface area contributed by atoms with Gasteiger partial charge in [-0.05, 0) is 6.42 Å². The molecule has 0 aliphatic rings. The lowest BCUT2D eigenvalue weighted by Gasteiger charge is -2.02. The maximum absolute atomic E-state index is 10.7. The van der Waals surface area contributed by atoms with E-state index in [4.69, 9.17) is 10.2 Å². The van der Waals surface area contributed by atoms with Gasteiger partial charge in [0.25, 0.3) is 0 Å². The number of hydrogen-bond donors (Lipinski definition) is 2. The average molecular weight is 258 g/mol. The van der Waals surface area contributed by atoms with Gasteiger partial charge in [0, 0.05) is 24.6 Å². The number of aromatic carboxylic acids is 1. The van der Waals surface area contributed by atoms with Crippen molar-refractivity contribution in [2.45, 2.75) is 11.4 Å². The molecule has 7 nitrogen and oxygen atoms in total. The molecule has 1 aromatic heterocycles. The number of aliphatic hydroxyl groups excluding tert-OH is 1. The Balaban J connectivity index is 2.96. The van der Waals surface area contributed by atoms with E-state index in [1.807, 2.05) is 0 Å². The number of carboxylic acid groups (broad SMARTS) is 1. The fourth-order valence-electron chi connectivity index (χ4n) is 1.03. The van der Waals surface area contributed by atoms with Gasteiger partial charge in [0.1, 0.15) is 0 Å². The van der Waals surface area contributed by atoms with Crippen molar-refractivity contribution < 1.29 is 19.9 Å². The van der Waals surface area contributed by atoms with Gasteiger partial charge in [0.15, 0.2) is 5.03 Å². The van der Waals surface area contributed by atoms with Gasteiger partial charge in [-0.2, -0.15) is 0 Å². The lowest BCUT2D eigenvalue weighted by molar-refractivity contribution is -0.388. The fourth-order valence-corrected chi connectivity index (χ4v) is 1.91. The van der Waals surface area contributed by atoms with E-state index in [1.165, 1.54) is 0 Å². The summed E-state index contributed by atoms with van der Waals surface area (Å²) in [6, 6.07) is 0.983. The lowest BCUT2D eigenvalue weighted by atomic mass is 10.3. The molecular formula is C9H10N2O5S. The molecule has 0 saturated heterocycles. The van der Waals surface area contributed by atoms with Gasteiger partial charge in [-0.3, -0.25) is 10.1 Å². The Kier molecular flexibility index (Phi) is 4.85. The predicted octanol–water partition coefficient (Wildman–Crippen LogP) is 1.16. The van der Waals surface area contributed by atoms with E-state index < -0.39 is 10.9 Å². The molecule has 0 unspecified atom stereocenters. The molecule has 2 N–H and O–H groups in total. The summed E-state index contributed by atoms with van der Waals surface area (Å²) in [5.41, 5.74) is -0.545. The van der Waals surface area contributed by atoms with Crippen LogP contribution in [-0.4, -0.2) is 38.4 Å². The van der Waals surface area contributed by atoms with Crippen molar-refractivity contribution in [3.05, 3.63) is 27.9 Å². The van der Waals surface area contributed by atoms with Gasteiger partial charge in [0.05, 0.1) is 10.5 Å². The molecule has 1 aromatic rings. The Morgan fingerprint density at radius 3 is 2.82 bits per heavy atom. The summed E-state index contributed by atoms with van der Waals surface area (Å²) < 4.78 is 0. The summed E-state index contributed by atoms with van der Waals surface area (Å²) in [5.74, 6) is -0.774. The van der Waals surface area contributed by atoms with E-state index in [1.54, 1.807) is 0 Å². The number of aromatic nitrogens is 1. The van der Waals surface area contributed by atoms with Crippen LogP contribution in [0.25, 0.3) is 0 Å². The van der Waals surface area contributed by atoms with Crippen molar-refractivity contribution in [1.29, 1.82) is 0 Å². The van der Waals surface area contributed by atoms with Crippen LogP contribution < -0.4 is 0 Å². The summed E-state index contributed by atoms with van der Waals surface area (Å²) in [7, 11) is 0. The fraction of sp³-hybridized carbons (Fsp3) is 0.333. The summed E-state index contributed by atoms with van der Waals surface area (Å²) in [5, 5.41) is 28.2. The third-order valence-electron chi connectivity index (χ3n) is 1.82. The minimum absolute atomic E-state index is 0.00595. The van der Waals surface area contributed by atoms with Crippen molar-refractivity contribution >= 4 is 23.4 Å². The second kappa shape index (κ2) is 6.16. The number of thioether (sulfide) groups is 1. The van der Waals surface area contributed by atoms with Crippen molar-refractivity contribution in [2.75, 3.05) is 12.4 Å². The Hall–Kier alpha value is -1.67. The number of hydrogen-bond acceptors (Lipinski definition) is 6. The molecule has 0 saturated carbocycles. The molecule has 0 aliphatic carbocycles. The van der Waals surface area contributed by atoms with Crippen LogP contribution in [0.2, 0.25) is 0 Å². The Morgan fingerprint density at radius 1 is 1.59 bits per heavy atom. The number of rotatable bonds is 6. The molecule has 0 amide bonds. The maximum atomic E-state index is 10.7. The molecule has 8 heteroatoms. The van der Waals surface area contributed by atoms with Crippen molar-refractivity contribution in [1.82, 2.24) is 4.98 Å². The van der Waals surface area contributed by atoms with E-state index in [9.17, 15) is 14.9 Å². The second-order valence-corrected chi connectivity index (χ2v) is 4.12. The summed E-state index contributed by atoms with van der Waals surface area (Å²) in [6.07, 6.45) is 1.57. The zero-order valence-corrected chi connectivity index (χ0v) is 9.51. The molecule has 1 rings (SSSR count). The van der Waals surface area contributed by atoms with E-state index in [0.29, 0.717) is 12.2 Å². The molecule has 0 radical (unpaired) electrons. The third kappa shape index (κ3) is 3.68. The molecule has 1 heterocycles. The van der Waals surface area contributed by atoms with Crippen LogP contribution in [0.5, 0.6) is 0 Å². The summed E-state index contributed by atoms with van der Waals surface area (Å²) in [4.78, 5) is 24.5. The van der Waals surface area contributed by atoms with Gasteiger partial charge < -0.3 is 10.2 Å². The highest BCUT2D eigenvalue weighted by atomic mass is 32.2. The van der Waals surface area contributed by atoms with Crippen LogP contribution in [0.1, 0.15) is 16.8 Å². The van der Waals surface area contributed by atoms with Gasteiger partial charge >= 0.3 is 11.7 Å². The number of pyridine rings is 1. The Labute approximate surface area is 101 Å². The molecule has 0 atom stereocenters. The largest absolute Gasteiger partial charge is 0.478 e. The minimum atomic E-state index is -1.26. The van der Waals surface area contributed by atoms with E-state index in [-0.39, 0.29) is 22.9 Å². The molecule has 0 spiro atoms. The topological polar surface area (TPSA) is 114 Å². The van der Waals surface area contributed by atoms with Crippen molar-refractivity contribution in [3.63, 3.8) is 0 Å². The van der Waals surface area contributed by atoms with E-state index in [0.717, 1.165) is 24.0 Å². The Bertz CT molecular complexity index is 437. The third-order valence-corrected chi connectivity index (χ3v) is 2.90. The highest BCUT2D eigenvalue weighted by molar-refractivity contribution is 7.99. The molecule has 92 valence electrons. The number of carbonyl (C=O) groups is 1. The van der Waals surface area contributed by atoms with Gasteiger partial charge in [-0.25, -0.2) is 9.78 Å². The van der Waals surface area contributed by atoms with Crippen LogP contribution in [0.3, 0.4) is 0 Å². The van der Waals surface area contributed by atoms with Gasteiger partial charge in [-0.15, -0.1) is 0 Å². The first-order valence-corrected chi connectivity index (χ1v) is 5.66. The highest BCUT2D eigenvalue weighted by Crippen LogP contribution is 2.27. The van der Waals surface area contributed by atoms with Crippen LogP contribution in [0, 0.1) is 10.1 Å². The van der Waals surface area contributed by atoms with Crippen molar-refractivity contribution in [3.8, 4) is 0 Å². The number of carboxylic acids is 1. The minimum Gasteiger partial charge on any atom is -0.478 e. The quantitative estimate of drug-likeness (QED) is 0.340. The van der Waals surface area contributed by atoms with Gasteiger partial charge in [-0.1, -0.05) is 11.8 Å². The van der Waals surface area contributed by atoms with Crippen LogP contribution in [0.15, 0.2) is 17.3 Å². The number of aliphatic hydroxyl groups is 1. The number of nitrogens with zero attached hydrogens (tertiary/aromatic N) is 2. The molecule has 0 fully saturated rings. The lowest BCUT2D eigenvalue weighted by Crippen LogP contribution is -2.01. The van der Waals surface area contributed by atoms with Crippen LogP contribution in [-0.2, 0) is 0 Å². The first-order chi connectivity index (χ1) is 8.06. The smallest absolute Gasteiger partial charge is 0.337 e. The second-order valence-electron chi connectivity index (χ2n) is 3.04. The first-order valence-electron chi connectivity index (χ1n) is 4.67. The summed E-state index contributed by atoms with van der Waals surface area (Å²) >= 11 is 1.11. The van der Waals surface area contributed by atoms with Crippen LogP contribution >= 0.6 is 11.8 Å². The monoisotopic (exact) mass is 258 g/mol. The highest BCUT2D eigenvalue weighted by Gasteiger charge is 2.18. The molecular weight excluding hydrogens is 248 g/mol.